The summed E-state index contributed by atoms with van der Waals surface area (Å²) in [5.74, 6) is 1.82. The summed E-state index contributed by atoms with van der Waals surface area (Å²) in [5, 5.41) is 6.46. The standard InChI is InChI=1S/C51H30N4O2/c1-4-12-31(13-5-1)34-20-23-38-37-18-10-11-19-43(37)55(44(38)26-34)36-22-25-45-40(28-36)42-30-47-41(29-48(42)56-45)39-24-21-35(27-46(39)57-47)51-53-49(32-14-6-2-7-15-32)52-50(54-51)33-16-8-3-9-17-33/h1-30H. The summed E-state index contributed by atoms with van der Waals surface area (Å²) in [6.07, 6.45) is 0. The van der Waals surface area contributed by atoms with Gasteiger partial charge in [0.15, 0.2) is 17.5 Å². The molecule has 0 bridgehead atoms. The second kappa shape index (κ2) is 12.3. The monoisotopic (exact) mass is 730 g/mol. The fraction of sp³-hybridized carbons (Fsp3) is 0. The van der Waals surface area contributed by atoms with Gasteiger partial charge in [0.05, 0.1) is 11.0 Å². The molecule has 0 N–H and O–H groups in total. The average molecular weight is 731 g/mol. The van der Waals surface area contributed by atoms with Gasteiger partial charge in [-0.05, 0) is 65.7 Å². The Kier molecular flexibility index (Phi) is 6.83. The van der Waals surface area contributed by atoms with E-state index in [1.165, 1.54) is 21.9 Å². The topological polar surface area (TPSA) is 69.9 Å². The molecule has 0 radical (unpaired) electrons. The fourth-order valence-corrected chi connectivity index (χ4v) is 8.31. The molecule has 6 heteroatoms. The largest absolute Gasteiger partial charge is 0.456 e. The second-order valence-electron chi connectivity index (χ2n) is 14.4. The van der Waals surface area contributed by atoms with Gasteiger partial charge in [0, 0.05) is 54.7 Å². The highest BCUT2D eigenvalue weighted by Gasteiger charge is 2.19. The zero-order valence-corrected chi connectivity index (χ0v) is 30.4. The summed E-state index contributed by atoms with van der Waals surface area (Å²) in [6.45, 7) is 0. The lowest BCUT2D eigenvalue weighted by Crippen LogP contribution is -2.00. The maximum absolute atomic E-state index is 6.63. The molecule has 6 nitrogen and oxygen atoms in total. The van der Waals surface area contributed by atoms with E-state index in [0.29, 0.717) is 17.5 Å². The third-order valence-corrected chi connectivity index (χ3v) is 11.0. The smallest absolute Gasteiger partial charge is 0.164 e. The van der Waals surface area contributed by atoms with Crippen LogP contribution in [0.2, 0.25) is 0 Å². The highest BCUT2D eigenvalue weighted by atomic mass is 16.3. The Bertz CT molecular complexity index is 3450. The molecule has 57 heavy (non-hydrogen) atoms. The number of benzene rings is 8. The molecule has 8 aromatic carbocycles. The molecule has 0 fully saturated rings. The van der Waals surface area contributed by atoms with Gasteiger partial charge in [0.25, 0.3) is 0 Å². The molecular weight excluding hydrogens is 701 g/mol. The molecule has 266 valence electrons. The van der Waals surface area contributed by atoms with E-state index in [1.807, 2.05) is 66.7 Å². The van der Waals surface area contributed by atoms with E-state index in [0.717, 1.165) is 77.3 Å². The number of rotatable bonds is 5. The molecule has 4 aromatic heterocycles. The second-order valence-corrected chi connectivity index (χ2v) is 14.4. The Hall–Kier alpha value is -7.83. The van der Waals surface area contributed by atoms with Crippen LogP contribution in [0.5, 0.6) is 0 Å². The zero-order valence-electron chi connectivity index (χ0n) is 30.4. The molecule has 12 aromatic rings. The molecule has 0 aliphatic heterocycles. The Labute approximate surface area is 325 Å². The van der Waals surface area contributed by atoms with Gasteiger partial charge < -0.3 is 13.4 Å². The Morgan fingerprint density at radius 1 is 0.298 bits per heavy atom. The highest BCUT2D eigenvalue weighted by Crippen LogP contribution is 2.40. The van der Waals surface area contributed by atoms with E-state index in [2.05, 4.69) is 120 Å². The molecule has 0 aliphatic carbocycles. The van der Waals surface area contributed by atoms with Crippen molar-refractivity contribution in [1.82, 2.24) is 19.5 Å². The van der Waals surface area contributed by atoms with Crippen molar-refractivity contribution in [2.75, 3.05) is 0 Å². The minimum absolute atomic E-state index is 0.582. The predicted octanol–water partition coefficient (Wildman–Crippen LogP) is 13.4. The van der Waals surface area contributed by atoms with Crippen LogP contribution in [0.25, 0.3) is 117 Å². The first-order chi connectivity index (χ1) is 28.2. The van der Waals surface area contributed by atoms with Gasteiger partial charge >= 0.3 is 0 Å². The SMILES string of the molecule is c1ccc(-c2ccc3c4ccccc4n(-c4ccc5oc6cc7c(cc6c5c4)oc4cc(-c5nc(-c6ccccc6)nc(-c6ccccc6)n5)ccc47)c3c2)cc1. The highest BCUT2D eigenvalue weighted by molar-refractivity contribution is 6.16. The Morgan fingerprint density at radius 2 is 0.807 bits per heavy atom. The van der Waals surface area contributed by atoms with Gasteiger partial charge in [-0.15, -0.1) is 0 Å². The maximum Gasteiger partial charge on any atom is 0.164 e. The van der Waals surface area contributed by atoms with Crippen LogP contribution in [0.1, 0.15) is 0 Å². The normalized spacial score (nSPS) is 11.9. The molecule has 0 saturated carbocycles. The minimum atomic E-state index is 0.582. The minimum Gasteiger partial charge on any atom is -0.456 e. The number of aromatic nitrogens is 4. The number of para-hydroxylation sites is 1. The summed E-state index contributed by atoms with van der Waals surface area (Å²) in [7, 11) is 0. The van der Waals surface area contributed by atoms with Crippen molar-refractivity contribution in [2.24, 2.45) is 0 Å². The lowest BCUT2D eigenvalue weighted by molar-refractivity contribution is 0.664. The van der Waals surface area contributed by atoms with Crippen molar-refractivity contribution in [3.8, 4) is 51.0 Å². The number of fused-ring (bicyclic) bond motifs is 9. The Balaban J connectivity index is 0.996. The third kappa shape index (κ3) is 5.08. The van der Waals surface area contributed by atoms with E-state index in [4.69, 9.17) is 23.8 Å². The van der Waals surface area contributed by atoms with Crippen LogP contribution >= 0.6 is 0 Å². The molecule has 0 saturated heterocycles. The first-order valence-electron chi connectivity index (χ1n) is 19.0. The van der Waals surface area contributed by atoms with Crippen molar-refractivity contribution >= 4 is 65.7 Å². The van der Waals surface area contributed by atoms with Gasteiger partial charge in [-0.1, -0.05) is 127 Å². The summed E-state index contributed by atoms with van der Waals surface area (Å²) >= 11 is 0. The molecular formula is C51H30N4O2. The molecule has 0 unspecified atom stereocenters. The van der Waals surface area contributed by atoms with Crippen LogP contribution < -0.4 is 0 Å². The summed E-state index contributed by atoms with van der Waals surface area (Å²) in [4.78, 5) is 14.7. The lowest BCUT2D eigenvalue weighted by Gasteiger charge is -2.09. The quantitative estimate of drug-likeness (QED) is 0.176. The van der Waals surface area contributed by atoms with Crippen LogP contribution in [0, 0.1) is 0 Å². The predicted molar refractivity (Wildman–Crippen MR) is 230 cm³/mol. The maximum atomic E-state index is 6.63. The number of nitrogens with zero attached hydrogens (tertiary/aromatic N) is 4. The van der Waals surface area contributed by atoms with Crippen molar-refractivity contribution in [3.05, 3.63) is 182 Å². The van der Waals surface area contributed by atoms with Gasteiger partial charge in [-0.3, -0.25) is 0 Å². The van der Waals surface area contributed by atoms with Crippen molar-refractivity contribution in [2.45, 2.75) is 0 Å². The van der Waals surface area contributed by atoms with Gasteiger partial charge in [-0.25, -0.2) is 15.0 Å². The van der Waals surface area contributed by atoms with E-state index < -0.39 is 0 Å². The van der Waals surface area contributed by atoms with Gasteiger partial charge in [-0.2, -0.15) is 0 Å². The zero-order chi connectivity index (χ0) is 37.5. The number of hydrogen-bond acceptors (Lipinski definition) is 5. The van der Waals surface area contributed by atoms with Gasteiger partial charge in [0.1, 0.15) is 22.3 Å². The van der Waals surface area contributed by atoms with Crippen LogP contribution in [0.4, 0.5) is 0 Å². The van der Waals surface area contributed by atoms with Crippen LogP contribution in [0.15, 0.2) is 191 Å². The van der Waals surface area contributed by atoms with E-state index in [9.17, 15) is 0 Å². The summed E-state index contributed by atoms with van der Waals surface area (Å²) in [6, 6.07) is 62.8. The number of hydrogen-bond donors (Lipinski definition) is 0. The van der Waals surface area contributed by atoms with Crippen LogP contribution in [-0.4, -0.2) is 19.5 Å². The van der Waals surface area contributed by atoms with Crippen LogP contribution in [0.3, 0.4) is 0 Å². The molecule has 4 heterocycles. The van der Waals surface area contributed by atoms with Crippen molar-refractivity contribution in [3.63, 3.8) is 0 Å². The first-order valence-corrected chi connectivity index (χ1v) is 19.0. The van der Waals surface area contributed by atoms with E-state index in [-0.39, 0.29) is 0 Å². The molecule has 0 spiro atoms. The third-order valence-electron chi connectivity index (χ3n) is 11.0. The molecule has 0 amide bonds. The van der Waals surface area contributed by atoms with E-state index >= 15 is 0 Å². The average Bonchev–Trinajstić information content (AvgIpc) is 3.94. The van der Waals surface area contributed by atoms with Crippen molar-refractivity contribution < 1.29 is 8.83 Å². The van der Waals surface area contributed by atoms with E-state index in [1.54, 1.807) is 0 Å². The van der Waals surface area contributed by atoms with Gasteiger partial charge in [0.2, 0.25) is 0 Å². The molecule has 12 rings (SSSR count). The fourth-order valence-electron chi connectivity index (χ4n) is 8.31. The number of furan rings is 2. The molecule has 0 aliphatic rings. The Morgan fingerprint density at radius 3 is 1.51 bits per heavy atom. The van der Waals surface area contributed by atoms with Crippen LogP contribution in [-0.2, 0) is 0 Å². The summed E-state index contributed by atoms with van der Waals surface area (Å²) in [5.41, 5.74) is 11.6. The molecule has 0 atom stereocenters. The summed E-state index contributed by atoms with van der Waals surface area (Å²) < 4.78 is 15.5. The van der Waals surface area contributed by atoms with Crippen molar-refractivity contribution in [1.29, 1.82) is 0 Å². The lowest BCUT2D eigenvalue weighted by atomic mass is 10.0. The first kappa shape index (κ1) is 31.5.